The van der Waals surface area contributed by atoms with E-state index in [2.05, 4.69) is 51.4 Å². The quantitative estimate of drug-likeness (QED) is 0.617. The van der Waals surface area contributed by atoms with Crippen LogP contribution < -0.4 is 5.32 Å². The van der Waals surface area contributed by atoms with Crippen molar-refractivity contribution in [1.82, 2.24) is 14.8 Å². The van der Waals surface area contributed by atoms with E-state index in [-0.39, 0.29) is 12.3 Å². The Bertz CT molecular complexity index is 996. The van der Waals surface area contributed by atoms with Crippen LogP contribution in [0.15, 0.2) is 53.9 Å². The predicted molar refractivity (Wildman–Crippen MR) is 124 cm³/mol. The van der Waals surface area contributed by atoms with Gasteiger partial charge in [0.2, 0.25) is 5.91 Å². The van der Waals surface area contributed by atoms with Gasteiger partial charge >= 0.3 is 0 Å². The van der Waals surface area contributed by atoms with E-state index in [1.54, 1.807) is 23.5 Å². The van der Waals surface area contributed by atoms with E-state index in [0.29, 0.717) is 10.7 Å². The molecule has 1 saturated heterocycles. The third kappa shape index (κ3) is 5.67. The SMILES string of the molecule is CN1CCN(Cc2ccc(-c3nc(CC(=O)Nc4cccc(Cl)c4)cs3)cc2)CC1. The highest BCUT2D eigenvalue weighted by Crippen LogP contribution is 2.25. The summed E-state index contributed by atoms with van der Waals surface area (Å²) in [7, 11) is 2.18. The Kier molecular flexibility index (Phi) is 6.79. The molecule has 0 radical (unpaired) electrons. The van der Waals surface area contributed by atoms with Gasteiger partial charge in [-0.1, -0.05) is 41.9 Å². The maximum atomic E-state index is 12.3. The molecule has 1 N–H and O–H groups in total. The Morgan fingerprint density at radius 1 is 1.13 bits per heavy atom. The average Bonchev–Trinajstić information content (AvgIpc) is 3.18. The first-order chi connectivity index (χ1) is 14.5. The molecular weight excluding hydrogens is 416 g/mol. The van der Waals surface area contributed by atoms with Crippen molar-refractivity contribution in [1.29, 1.82) is 0 Å². The zero-order chi connectivity index (χ0) is 20.9. The van der Waals surface area contributed by atoms with Crippen molar-refractivity contribution >= 4 is 34.5 Å². The smallest absolute Gasteiger partial charge is 0.230 e. The highest BCUT2D eigenvalue weighted by atomic mass is 35.5. The largest absolute Gasteiger partial charge is 0.326 e. The Balaban J connectivity index is 1.33. The second-order valence-electron chi connectivity index (χ2n) is 7.66. The number of benzene rings is 2. The Labute approximate surface area is 186 Å². The number of rotatable bonds is 6. The standard InChI is InChI=1S/C23H25ClN4OS/c1-27-9-11-28(12-10-27)15-17-5-7-18(8-6-17)23-26-21(16-30-23)14-22(29)25-20-4-2-3-19(24)13-20/h2-8,13,16H,9-12,14-15H2,1H3,(H,25,29). The van der Waals surface area contributed by atoms with E-state index in [1.807, 2.05) is 17.5 Å². The van der Waals surface area contributed by atoms with Gasteiger partial charge in [-0.2, -0.15) is 0 Å². The molecule has 0 atom stereocenters. The molecule has 30 heavy (non-hydrogen) atoms. The normalized spacial score (nSPS) is 15.3. The van der Waals surface area contributed by atoms with Crippen molar-refractivity contribution in [2.75, 3.05) is 38.5 Å². The summed E-state index contributed by atoms with van der Waals surface area (Å²) >= 11 is 7.53. The van der Waals surface area contributed by atoms with Crippen molar-refractivity contribution in [3.05, 3.63) is 70.2 Å². The summed E-state index contributed by atoms with van der Waals surface area (Å²) in [6.07, 6.45) is 0.241. The van der Waals surface area contributed by atoms with Gasteiger partial charge < -0.3 is 10.2 Å². The molecule has 3 aromatic rings. The van der Waals surface area contributed by atoms with Crippen LogP contribution in [-0.4, -0.2) is 53.9 Å². The van der Waals surface area contributed by atoms with Gasteiger partial charge in [0.1, 0.15) is 5.01 Å². The van der Waals surface area contributed by atoms with Crippen molar-refractivity contribution in [3.8, 4) is 10.6 Å². The van der Waals surface area contributed by atoms with Gasteiger partial charge in [0.05, 0.1) is 12.1 Å². The van der Waals surface area contributed by atoms with Gasteiger partial charge in [0, 0.05) is 54.4 Å². The van der Waals surface area contributed by atoms with Crippen LogP contribution in [0.3, 0.4) is 0 Å². The molecule has 4 rings (SSSR count). The Morgan fingerprint density at radius 2 is 1.90 bits per heavy atom. The molecule has 0 spiro atoms. The second-order valence-corrected chi connectivity index (χ2v) is 8.95. The zero-order valence-electron chi connectivity index (χ0n) is 17.0. The van der Waals surface area contributed by atoms with Crippen LogP contribution in [0.25, 0.3) is 10.6 Å². The molecule has 5 nitrogen and oxygen atoms in total. The minimum absolute atomic E-state index is 0.100. The monoisotopic (exact) mass is 440 g/mol. The van der Waals surface area contributed by atoms with Gasteiger partial charge in [-0.3, -0.25) is 9.69 Å². The van der Waals surface area contributed by atoms with Gasteiger partial charge in [-0.15, -0.1) is 11.3 Å². The fourth-order valence-corrected chi connectivity index (χ4v) is 4.49. The number of hydrogen-bond acceptors (Lipinski definition) is 5. The maximum Gasteiger partial charge on any atom is 0.230 e. The Morgan fingerprint density at radius 3 is 2.63 bits per heavy atom. The van der Waals surface area contributed by atoms with Crippen LogP contribution in [0.2, 0.25) is 5.02 Å². The lowest BCUT2D eigenvalue weighted by molar-refractivity contribution is -0.115. The topological polar surface area (TPSA) is 48.5 Å². The summed E-state index contributed by atoms with van der Waals surface area (Å²) < 4.78 is 0. The summed E-state index contributed by atoms with van der Waals surface area (Å²) in [6, 6.07) is 15.8. The van der Waals surface area contributed by atoms with Gasteiger partial charge in [0.15, 0.2) is 0 Å². The highest BCUT2D eigenvalue weighted by molar-refractivity contribution is 7.13. The van der Waals surface area contributed by atoms with Crippen molar-refractivity contribution in [2.45, 2.75) is 13.0 Å². The lowest BCUT2D eigenvalue weighted by Crippen LogP contribution is -2.43. The summed E-state index contributed by atoms with van der Waals surface area (Å²) in [5.74, 6) is -0.100. The average molecular weight is 441 g/mol. The van der Waals surface area contributed by atoms with E-state index >= 15 is 0 Å². The highest BCUT2D eigenvalue weighted by Gasteiger charge is 2.14. The third-order valence-electron chi connectivity index (χ3n) is 5.20. The van der Waals surface area contributed by atoms with Crippen molar-refractivity contribution in [2.24, 2.45) is 0 Å². The number of nitrogens with zero attached hydrogens (tertiary/aromatic N) is 3. The lowest BCUT2D eigenvalue weighted by atomic mass is 10.1. The number of amides is 1. The zero-order valence-corrected chi connectivity index (χ0v) is 18.5. The van der Waals surface area contributed by atoms with E-state index in [0.717, 1.165) is 49.0 Å². The third-order valence-corrected chi connectivity index (χ3v) is 6.38. The van der Waals surface area contributed by atoms with Crippen LogP contribution in [-0.2, 0) is 17.8 Å². The lowest BCUT2D eigenvalue weighted by Gasteiger charge is -2.32. The maximum absolute atomic E-state index is 12.3. The van der Waals surface area contributed by atoms with Gasteiger partial charge in [0.25, 0.3) is 0 Å². The van der Waals surface area contributed by atoms with E-state index in [4.69, 9.17) is 11.6 Å². The van der Waals surface area contributed by atoms with Gasteiger partial charge in [-0.25, -0.2) is 4.98 Å². The molecule has 2 heterocycles. The Hall–Kier alpha value is -2.25. The number of aromatic nitrogens is 1. The van der Waals surface area contributed by atoms with Crippen molar-refractivity contribution < 1.29 is 4.79 Å². The number of carbonyl (C=O) groups excluding carboxylic acids is 1. The number of nitrogens with one attached hydrogen (secondary N) is 1. The fraction of sp³-hybridized carbons (Fsp3) is 0.304. The molecule has 2 aromatic carbocycles. The molecular formula is C23H25ClN4OS. The molecule has 1 fully saturated rings. The van der Waals surface area contributed by atoms with Crippen LogP contribution >= 0.6 is 22.9 Å². The van der Waals surface area contributed by atoms with Crippen LogP contribution in [0, 0.1) is 0 Å². The molecule has 1 amide bonds. The molecule has 0 unspecified atom stereocenters. The molecule has 1 aromatic heterocycles. The molecule has 0 bridgehead atoms. The second kappa shape index (κ2) is 9.71. The summed E-state index contributed by atoms with van der Waals surface area (Å²) in [6.45, 7) is 5.48. The van der Waals surface area contributed by atoms with Crippen LogP contribution in [0.4, 0.5) is 5.69 Å². The fourth-order valence-electron chi connectivity index (χ4n) is 3.47. The van der Waals surface area contributed by atoms with E-state index < -0.39 is 0 Å². The minimum atomic E-state index is -0.100. The van der Waals surface area contributed by atoms with Gasteiger partial charge in [-0.05, 0) is 30.8 Å². The first-order valence-corrected chi connectivity index (χ1v) is 11.3. The number of piperazine rings is 1. The first-order valence-electron chi connectivity index (χ1n) is 10.1. The number of hydrogen-bond donors (Lipinski definition) is 1. The number of carbonyl (C=O) groups is 1. The first kappa shape index (κ1) is 21.0. The summed E-state index contributed by atoms with van der Waals surface area (Å²) in [4.78, 5) is 21.8. The molecule has 0 saturated carbocycles. The summed E-state index contributed by atoms with van der Waals surface area (Å²) in [5.41, 5.74) is 3.87. The summed E-state index contributed by atoms with van der Waals surface area (Å²) in [5, 5.41) is 6.35. The predicted octanol–water partition coefficient (Wildman–Crippen LogP) is 4.39. The minimum Gasteiger partial charge on any atom is -0.326 e. The van der Waals surface area contributed by atoms with E-state index in [1.165, 1.54) is 5.56 Å². The number of halogens is 1. The van der Waals surface area contributed by atoms with Crippen LogP contribution in [0.5, 0.6) is 0 Å². The van der Waals surface area contributed by atoms with Crippen molar-refractivity contribution in [3.63, 3.8) is 0 Å². The van der Waals surface area contributed by atoms with Crippen LogP contribution in [0.1, 0.15) is 11.3 Å². The molecule has 1 aliphatic heterocycles. The molecule has 0 aliphatic carbocycles. The molecule has 156 valence electrons. The molecule has 7 heteroatoms. The van der Waals surface area contributed by atoms with E-state index in [9.17, 15) is 4.79 Å². The number of thiazole rings is 1. The molecule has 1 aliphatic rings. The number of anilines is 1. The number of likely N-dealkylation sites (N-methyl/N-ethyl adjacent to an activating group) is 1.